The number of rotatable bonds is 3. The molecular formula is C15H19N. The van der Waals surface area contributed by atoms with Crippen LogP contribution in [-0.4, -0.2) is 12.3 Å². The molecular weight excluding hydrogens is 194 g/mol. The third-order valence-corrected chi connectivity index (χ3v) is 3.18. The van der Waals surface area contributed by atoms with Crippen molar-refractivity contribution in [3.63, 3.8) is 0 Å². The van der Waals surface area contributed by atoms with Crippen LogP contribution in [0.15, 0.2) is 35.8 Å². The monoisotopic (exact) mass is 213 g/mol. The normalized spacial score (nSPS) is 17.8. The highest BCUT2D eigenvalue weighted by atomic mass is 14.8. The van der Waals surface area contributed by atoms with Gasteiger partial charge in [0.1, 0.15) is 0 Å². The Morgan fingerprint density at radius 3 is 2.25 bits per heavy atom. The van der Waals surface area contributed by atoms with Crippen molar-refractivity contribution in [3.8, 4) is 0 Å². The van der Waals surface area contributed by atoms with Gasteiger partial charge in [-0.1, -0.05) is 56.2 Å². The lowest BCUT2D eigenvalue weighted by Crippen LogP contribution is -2.09. The van der Waals surface area contributed by atoms with E-state index in [-0.39, 0.29) is 0 Å². The second-order valence-electron chi connectivity index (χ2n) is 4.44. The minimum absolute atomic E-state index is 0.563. The van der Waals surface area contributed by atoms with Gasteiger partial charge in [0.15, 0.2) is 0 Å². The van der Waals surface area contributed by atoms with Crippen molar-refractivity contribution in [3.05, 3.63) is 42.0 Å². The van der Waals surface area contributed by atoms with Gasteiger partial charge in [-0.25, -0.2) is 0 Å². The smallest absolute Gasteiger partial charge is 0.0499 e. The Morgan fingerprint density at radius 1 is 1.00 bits per heavy atom. The van der Waals surface area contributed by atoms with Crippen LogP contribution in [0.2, 0.25) is 0 Å². The molecule has 1 fully saturated rings. The Kier molecular flexibility index (Phi) is 3.92. The van der Waals surface area contributed by atoms with E-state index in [2.05, 4.69) is 35.8 Å². The fraction of sp³-hybridized carbons (Fsp3) is 0.400. The molecule has 1 aliphatic rings. The maximum absolute atomic E-state index is 4.66. The highest BCUT2D eigenvalue weighted by Gasteiger charge is 2.10. The average Bonchev–Trinajstić information content (AvgIpc) is 2.38. The second kappa shape index (κ2) is 5.64. The molecule has 1 aromatic rings. The van der Waals surface area contributed by atoms with Gasteiger partial charge in [0.25, 0.3) is 0 Å². The number of hydrogen-bond donors (Lipinski definition) is 0. The van der Waals surface area contributed by atoms with E-state index in [9.17, 15) is 0 Å². The molecule has 0 bridgehead atoms. The van der Waals surface area contributed by atoms with Gasteiger partial charge in [-0.05, 0) is 24.0 Å². The molecule has 1 aromatic carbocycles. The zero-order chi connectivity index (χ0) is 11.2. The van der Waals surface area contributed by atoms with Crippen molar-refractivity contribution in [2.45, 2.75) is 38.1 Å². The summed E-state index contributed by atoms with van der Waals surface area (Å²) in [6.07, 6.45) is 10.5. The molecule has 0 N–H and O–H groups in total. The molecule has 84 valence electrons. The summed E-state index contributed by atoms with van der Waals surface area (Å²) in [6.45, 7) is 3.75. The SMILES string of the molecule is C=Cc1ccc(C=NC2CCCCC2)cc1. The highest BCUT2D eigenvalue weighted by Crippen LogP contribution is 2.20. The van der Waals surface area contributed by atoms with Gasteiger partial charge in [-0.3, -0.25) is 4.99 Å². The summed E-state index contributed by atoms with van der Waals surface area (Å²) in [6, 6.07) is 8.92. The van der Waals surface area contributed by atoms with Crippen LogP contribution in [0.3, 0.4) is 0 Å². The Labute approximate surface area is 97.9 Å². The third kappa shape index (κ3) is 3.06. The number of benzene rings is 1. The number of hydrogen-bond acceptors (Lipinski definition) is 1. The molecule has 1 aliphatic carbocycles. The minimum Gasteiger partial charge on any atom is -0.289 e. The van der Waals surface area contributed by atoms with Gasteiger partial charge < -0.3 is 0 Å². The zero-order valence-electron chi connectivity index (χ0n) is 9.73. The van der Waals surface area contributed by atoms with Crippen molar-refractivity contribution in [2.24, 2.45) is 4.99 Å². The van der Waals surface area contributed by atoms with Crippen LogP contribution in [0.5, 0.6) is 0 Å². The van der Waals surface area contributed by atoms with Gasteiger partial charge in [0, 0.05) is 12.3 Å². The summed E-state index contributed by atoms with van der Waals surface area (Å²) in [7, 11) is 0. The Hall–Kier alpha value is -1.37. The van der Waals surface area contributed by atoms with E-state index >= 15 is 0 Å². The van der Waals surface area contributed by atoms with Gasteiger partial charge in [0.05, 0.1) is 0 Å². The molecule has 1 nitrogen and oxygen atoms in total. The van der Waals surface area contributed by atoms with Crippen molar-refractivity contribution in [1.29, 1.82) is 0 Å². The fourth-order valence-corrected chi connectivity index (χ4v) is 2.14. The second-order valence-corrected chi connectivity index (χ2v) is 4.44. The predicted octanol–water partition coefficient (Wildman–Crippen LogP) is 4.08. The Morgan fingerprint density at radius 2 is 1.62 bits per heavy atom. The molecule has 0 spiro atoms. The quantitative estimate of drug-likeness (QED) is 0.671. The van der Waals surface area contributed by atoms with E-state index in [1.165, 1.54) is 37.7 Å². The summed E-state index contributed by atoms with van der Waals surface area (Å²) in [5.74, 6) is 0. The molecule has 1 saturated carbocycles. The zero-order valence-corrected chi connectivity index (χ0v) is 9.73. The van der Waals surface area contributed by atoms with Crippen LogP contribution in [0.25, 0.3) is 6.08 Å². The molecule has 0 aliphatic heterocycles. The Balaban J connectivity index is 1.96. The molecule has 0 heterocycles. The van der Waals surface area contributed by atoms with Crippen molar-refractivity contribution < 1.29 is 0 Å². The molecule has 1 heteroatoms. The lowest BCUT2D eigenvalue weighted by Gasteiger charge is -2.17. The van der Waals surface area contributed by atoms with Crippen LogP contribution >= 0.6 is 0 Å². The molecule has 0 atom stereocenters. The fourth-order valence-electron chi connectivity index (χ4n) is 2.14. The van der Waals surface area contributed by atoms with E-state index in [0.717, 1.165) is 5.56 Å². The molecule has 16 heavy (non-hydrogen) atoms. The summed E-state index contributed by atoms with van der Waals surface area (Å²) < 4.78 is 0. The maximum Gasteiger partial charge on any atom is 0.0499 e. The first-order chi connectivity index (χ1) is 7.88. The van der Waals surface area contributed by atoms with Crippen molar-refractivity contribution >= 4 is 12.3 Å². The molecule has 2 rings (SSSR count). The van der Waals surface area contributed by atoms with Crippen molar-refractivity contribution in [1.82, 2.24) is 0 Å². The standard InChI is InChI=1S/C15H19N/c1-2-13-8-10-14(11-9-13)12-16-15-6-4-3-5-7-15/h2,8-12,15H,1,3-7H2. The van der Waals surface area contributed by atoms with E-state index in [1.807, 2.05) is 12.3 Å². The first-order valence-corrected chi connectivity index (χ1v) is 6.14. The predicted molar refractivity (Wildman–Crippen MR) is 71.0 cm³/mol. The Bertz CT molecular complexity index is 356. The first kappa shape index (κ1) is 11.1. The molecule has 0 amide bonds. The number of aliphatic imine (C=N–C) groups is 1. The first-order valence-electron chi connectivity index (χ1n) is 6.14. The van der Waals surface area contributed by atoms with Gasteiger partial charge in [-0.15, -0.1) is 0 Å². The highest BCUT2D eigenvalue weighted by molar-refractivity contribution is 5.80. The van der Waals surface area contributed by atoms with E-state index in [0.29, 0.717) is 6.04 Å². The summed E-state index contributed by atoms with van der Waals surface area (Å²) in [5.41, 5.74) is 2.35. The van der Waals surface area contributed by atoms with Crippen molar-refractivity contribution in [2.75, 3.05) is 0 Å². The van der Waals surface area contributed by atoms with Crippen LogP contribution in [0.4, 0.5) is 0 Å². The number of nitrogens with zero attached hydrogens (tertiary/aromatic N) is 1. The largest absolute Gasteiger partial charge is 0.289 e. The van der Waals surface area contributed by atoms with Crippen LogP contribution in [0.1, 0.15) is 43.2 Å². The molecule has 0 saturated heterocycles. The lowest BCUT2D eigenvalue weighted by atomic mass is 9.96. The third-order valence-electron chi connectivity index (χ3n) is 3.18. The van der Waals surface area contributed by atoms with Crippen LogP contribution < -0.4 is 0 Å². The lowest BCUT2D eigenvalue weighted by molar-refractivity contribution is 0.444. The molecule has 0 aromatic heterocycles. The minimum atomic E-state index is 0.563. The molecule has 0 unspecified atom stereocenters. The van der Waals surface area contributed by atoms with Crippen LogP contribution in [0, 0.1) is 0 Å². The summed E-state index contributed by atoms with van der Waals surface area (Å²) in [4.78, 5) is 4.66. The van der Waals surface area contributed by atoms with E-state index in [1.54, 1.807) is 0 Å². The van der Waals surface area contributed by atoms with E-state index in [4.69, 9.17) is 0 Å². The van der Waals surface area contributed by atoms with Gasteiger partial charge in [-0.2, -0.15) is 0 Å². The summed E-state index contributed by atoms with van der Waals surface area (Å²) in [5, 5.41) is 0. The van der Waals surface area contributed by atoms with Gasteiger partial charge >= 0.3 is 0 Å². The maximum atomic E-state index is 4.66. The molecule has 0 radical (unpaired) electrons. The summed E-state index contributed by atoms with van der Waals surface area (Å²) >= 11 is 0. The van der Waals surface area contributed by atoms with Gasteiger partial charge in [0.2, 0.25) is 0 Å². The average molecular weight is 213 g/mol. The van der Waals surface area contributed by atoms with Crippen LogP contribution in [-0.2, 0) is 0 Å². The van der Waals surface area contributed by atoms with E-state index < -0.39 is 0 Å². The topological polar surface area (TPSA) is 12.4 Å².